The van der Waals surface area contributed by atoms with Crippen LogP contribution in [0.4, 0.5) is 0 Å². The Balaban J connectivity index is 1.38. The van der Waals surface area contributed by atoms with Crippen molar-refractivity contribution in [1.82, 2.24) is 14.5 Å². The van der Waals surface area contributed by atoms with E-state index in [2.05, 4.69) is 156 Å². The fourth-order valence-corrected chi connectivity index (χ4v) is 10.9. The molecule has 0 aliphatic rings. The molecule has 51 heavy (non-hydrogen) atoms. The van der Waals surface area contributed by atoms with Crippen LogP contribution in [0.1, 0.15) is 0 Å². The minimum atomic E-state index is 0.694. The molecule has 0 aliphatic heterocycles. The molecule has 0 fully saturated rings. The zero-order valence-corrected chi connectivity index (χ0v) is 28.7. The average Bonchev–Trinajstić information content (AvgIpc) is 3.88. The normalized spacial score (nSPS) is 12.3. The Morgan fingerprint density at radius 3 is 1.65 bits per heavy atom. The summed E-state index contributed by atoms with van der Waals surface area (Å²) in [7, 11) is 0. The van der Waals surface area contributed by atoms with E-state index in [1.54, 1.807) is 11.3 Å². The van der Waals surface area contributed by atoms with Gasteiger partial charge in [0.15, 0.2) is 0 Å². The van der Waals surface area contributed by atoms with Gasteiger partial charge in [0.2, 0.25) is 5.95 Å². The van der Waals surface area contributed by atoms with Crippen molar-refractivity contribution in [3.63, 3.8) is 0 Å². The molecule has 0 unspecified atom stereocenters. The van der Waals surface area contributed by atoms with Crippen molar-refractivity contribution in [2.24, 2.45) is 0 Å². The third kappa shape index (κ3) is 3.66. The van der Waals surface area contributed by atoms with Crippen LogP contribution in [0.2, 0.25) is 0 Å². The van der Waals surface area contributed by atoms with Gasteiger partial charge in [0.1, 0.15) is 0 Å². The number of hydrogen-bond donors (Lipinski definition) is 0. The summed E-state index contributed by atoms with van der Waals surface area (Å²) in [6, 6.07) is 54.8. The Bertz CT molecular complexity index is 3420. The lowest BCUT2D eigenvalue weighted by Gasteiger charge is -2.15. The largest absolute Gasteiger partial charge is 0.276 e. The highest BCUT2D eigenvalue weighted by Gasteiger charge is 2.26. The Morgan fingerprint density at radius 2 is 0.922 bits per heavy atom. The minimum absolute atomic E-state index is 0.694. The molecular weight excluding hydrogens is 659 g/mol. The number of thiophene rings is 2. The summed E-state index contributed by atoms with van der Waals surface area (Å²) in [5, 5.41) is 13.9. The van der Waals surface area contributed by atoms with Crippen LogP contribution in [0.25, 0.3) is 112 Å². The van der Waals surface area contributed by atoms with Crippen molar-refractivity contribution in [2.75, 3.05) is 0 Å². The van der Waals surface area contributed by atoms with Crippen LogP contribution >= 0.6 is 22.7 Å². The number of para-hydroxylation sites is 1. The molecule has 0 spiro atoms. The molecule has 0 radical (unpaired) electrons. The molecule has 8 aromatic carbocycles. The Labute approximate surface area is 299 Å². The van der Waals surface area contributed by atoms with Gasteiger partial charge in [-0.15, -0.1) is 22.7 Å². The SMILES string of the molecule is c1ccc(-c2nc(-n3c4ccccc4c4c5c6ccccc6c6ccccc6c5c5c6ccccc6sc5c43)nc3c2sc2ccccc23)cc1. The highest BCUT2D eigenvalue weighted by atomic mass is 32.1. The molecule has 236 valence electrons. The molecule has 5 heteroatoms. The van der Waals surface area contributed by atoms with Gasteiger partial charge in [-0.05, 0) is 39.7 Å². The lowest BCUT2D eigenvalue weighted by atomic mass is 9.89. The molecule has 12 aromatic rings. The van der Waals surface area contributed by atoms with Crippen LogP contribution in [-0.2, 0) is 0 Å². The van der Waals surface area contributed by atoms with E-state index in [1.807, 2.05) is 11.3 Å². The molecule has 0 aliphatic carbocycles. The quantitative estimate of drug-likeness (QED) is 0.170. The standard InChI is InChI=1S/C46H25N3S2/c1-2-14-26(15-3-1)41-45-42(33-22-10-13-25-36(33)51-45)48-46(47-41)49-34-23-11-8-20-31(34)39-37-29-18-6-4-16-27(29)28-17-5-7-19-30(28)38(37)40-32-21-9-12-24-35(32)50-44(40)43(39)49/h1-25H. The summed E-state index contributed by atoms with van der Waals surface area (Å²) in [6.07, 6.45) is 0. The van der Waals surface area contributed by atoms with E-state index < -0.39 is 0 Å². The van der Waals surface area contributed by atoms with Gasteiger partial charge in [0, 0.05) is 52.7 Å². The minimum Gasteiger partial charge on any atom is -0.276 e. The molecule has 0 amide bonds. The van der Waals surface area contributed by atoms with E-state index in [4.69, 9.17) is 9.97 Å². The van der Waals surface area contributed by atoms with Crippen LogP contribution in [-0.4, -0.2) is 14.5 Å². The van der Waals surface area contributed by atoms with Crippen LogP contribution in [0.3, 0.4) is 0 Å². The third-order valence-electron chi connectivity index (χ3n) is 10.6. The fraction of sp³-hybridized carbons (Fsp3) is 0. The molecule has 4 heterocycles. The first-order valence-electron chi connectivity index (χ1n) is 17.2. The number of fused-ring (bicyclic) bond motifs is 18. The summed E-state index contributed by atoms with van der Waals surface area (Å²) < 4.78 is 7.23. The lowest BCUT2D eigenvalue weighted by Crippen LogP contribution is -2.03. The van der Waals surface area contributed by atoms with Gasteiger partial charge in [-0.3, -0.25) is 4.57 Å². The fourth-order valence-electron chi connectivity index (χ4n) is 8.51. The number of hydrogen-bond acceptors (Lipinski definition) is 4. The predicted molar refractivity (Wildman–Crippen MR) is 220 cm³/mol. The predicted octanol–water partition coefficient (Wildman–Crippen LogP) is 13.4. The molecule has 4 aromatic heterocycles. The van der Waals surface area contributed by atoms with Crippen LogP contribution in [0.5, 0.6) is 0 Å². The topological polar surface area (TPSA) is 30.7 Å². The van der Waals surface area contributed by atoms with Crippen LogP contribution in [0, 0.1) is 0 Å². The van der Waals surface area contributed by atoms with E-state index in [-0.39, 0.29) is 0 Å². The summed E-state index contributed by atoms with van der Waals surface area (Å²) in [5.41, 5.74) is 5.32. The summed E-state index contributed by atoms with van der Waals surface area (Å²) in [4.78, 5) is 11.0. The molecule has 3 nitrogen and oxygen atoms in total. The maximum atomic E-state index is 5.53. The van der Waals surface area contributed by atoms with E-state index in [9.17, 15) is 0 Å². The van der Waals surface area contributed by atoms with E-state index >= 15 is 0 Å². The van der Waals surface area contributed by atoms with Crippen LogP contribution < -0.4 is 0 Å². The lowest BCUT2D eigenvalue weighted by molar-refractivity contribution is 1.02. The summed E-state index contributed by atoms with van der Waals surface area (Å²) in [5.74, 6) is 0.694. The molecule has 12 rings (SSSR count). The summed E-state index contributed by atoms with van der Waals surface area (Å²) >= 11 is 3.65. The monoisotopic (exact) mass is 683 g/mol. The van der Waals surface area contributed by atoms with Gasteiger partial charge in [-0.25, -0.2) is 9.97 Å². The summed E-state index contributed by atoms with van der Waals surface area (Å²) in [6.45, 7) is 0. The van der Waals surface area contributed by atoms with E-state index in [0.29, 0.717) is 5.95 Å². The zero-order valence-electron chi connectivity index (χ0n) is 27.1. The van der Waals surface area contributed by atoms with Gasteiger partial charge in [-0.1, -0.05) is 133 Å². The van der Waals surface area contributed by atoms with Gasteiger partial charge in [0.05, 0.1) is 31.6 Å². The Morgan fingerprint density at radius 1 is 0.392 bits per heavy atom. The first kappa shape index (κ1) is 27.7. The smallest absolute Gasteiger partial charge is 0.235 e. The van der Waals surface area contributed by atoms with Gasteiger partial charge in [0.25, 0.3) is 0 Å². The van der Waals surface area contributed by atoms with Crippen molar-refractivity contribution in [3.05, 3.63) is 152 Å². The van der Waals surface area contributed by atoms with E-state index in [0.717, 1.165) is 32.4 Å². The number of aromatic nitrogens is 3. The average molecular weight is 684 g/mol. The number of benzene rings is 8. The molecular formula is C46H25N3S2. The highest BCUT2D eigenvalue weighted by Crippen LogP contribution is 2.52. The van der Waals surface area contributed by atoms with Crippen molar-refractivity contribution < 1.29 is 0 Å². The van der Waals surface area contributed by atoms with Gasteiger partial charge >= 0.3 is 0 Å². The molecule has 0 saturated carbocycles. The molecule has 0 atom stereocenters. The second-order valence-corrected chi connectivity index (χ2v) is 15.3. The maximum Gasteiger partial charge on any atom is 0.235 e. The van der Waals surface area contributed by atoms with Gasteiger partial charge < -0.3 is 0 Å². The first-order valence-corrected chi connectivity index (χ1v) is 18.8. The van der Waals surface area contributed by atoms with Crippen LogP contribution in [0.15, 0.2) is 152 Å². The Hall–Kier alpha value is -6.14. The number of rotatable bonds is 2. The van der Waals surface area contributed by atoms with Crippen molar-refractivity contribution in [2.45, 2.75) is 0 Å². The Kier molecular flexibility index (Phi) is 5.53. The van der Waals surface area contributed by atoms with Crippen molar-refractivity contribution in [3.8, 4) is 17.2 Å². The highest BCUT2D eigenvalue weighted by molar-refractivity contribution is 7.27. The van der Waals surface area contributed by atoms with Gasteiger partial charge in [-0.2, -0.15) is 0 Å². The second kappa shape index (κ2) is 10.2. The maximum absolute atomic E-state index is 5.53. The van der Waals surface area contributed by atoms with Crippen molar-refractivity contribution >= 4 is 117 Å². The molecule has 0 bridgehead atoms. The number of nitrogens with zero attached hydrogens (tertiary/aromatic N) is 3. The second-order valence-electron chi connectivity index (χ2n) is 13.2. The third-order valence-corrected chi connectivity index (χ3v) is 12.9. The molecule has 0 N–H and O–H groups in total. The van der Waals surface area contributed by atoms with Crippen molar-refractivity contribution in [1.29, 1.82) is 0 Å². The van der Waals surface area contributed by atoms with E-state index in [1.165, 1.54) is 73.5 Å². The first-order chi connectivity index (χ1) is 25.3. The zero-order chi connectivity index (χ0) is 33.2. The molecule has 0 saturated heterocycles.